The third-order valence-corrected chi connectivity index (χ3v) is 5.22. The number of thiazole rings is 1. The van der Waals surface area contributed by atoms with Crippen molar-refractivity contribution in [3.63, 3.8) is 0 Å². The maximum atomic E-state index is 12.8. The second kappa shape index (κ2) is 6.59. The minimum atomic E-state index is -0.0254. The fraction of sp³-hybridized carbons (Fsp3) is 0.529. The van der Waals surface area contributed by atoms with Gasteiger partial charge in [-0.1, -0.05) is 19.0 Å². The molecule has 0 spiro atoms. The highest BCUT2D eigenvalue weighted by atomic mass is 32.1. The van der Waals surface area contributed by atoms with Gasteiger partial charge in [0.25, 0.3) is 5.91 Å². The molecule has 1 aliphatic rings. The van der Waals surface area contributed by atoms with Gasteiger partial charge < -0.3 is 9.42 Å². The topological polar surface area (TPSA) is 76.5 Å². The zero-order valence-electron chi connectivity index (χ0n) is 14.4. The van der Waals surface area contributed by atoms with Gasteiger partial charge in [-0.3, -0.25) is 9.20 Å². The second-order valence-electron chi connectivity index (χ2n) is 6.96. The summed E-state index contributed by atoms with van der Waals surface area (Å²) < 4.78 is 7.34. The number of likely N-dealkylation sites (tertiary alicyclic amines) is 1. The van der Waals surface area contributed by atoms with E-state index in [4.69, 9.17) is 4.52 Å². The predicted octanol–water partition coefficient (Wildman–Crippen LogP) is 3.00. The third-order valence-electron chi connectivity index (χ3n) is 4.44. The fourth-order valence-electron chi connectivity index (χ4n) is 3.24. The van der Waals surface area contributed by atoms with Gasteiger partial charge in [0.15, 0.2) is 10.8 Å². The van der Waals surface area contributed by atoms with Gasteiger partial charge in [-0.15, -0.1) is 11.3 Å². The van der Waals surface area contributed by atoms with Crippen LogP contribution in [0.2, 0.25) is 0 Å². The van der Waals surface area contributed by atoms with Crippen LogP contribution >= 0.6 is 11.3 Å². The normalized spacial score (nSPS) is 18.4. The Morgan fingerprint density at radius 1 is 1.44 bits per heavy atom. The van der Waals surface area contributed by atoms with E-state index in [1.54, 1.807) is 6.20 Å². The van der Waals surface area contributed by atoms with Gasteiger partial charge >= 0.3 is 0 Å². The van der Waals surface area contributed by atoms with Gasteiger partial charge in [0.2, 0.25) is 5.89 Å². The Morgan fingerprint density at radius 3 is 3.12 bits per heavy atom. The summed E-state index contributed by atoms with van der Waals surface area (Å²) in [7, 11) is 0. The largest absolute Gasteiger partial charge is 0.339 e. The molecule has 0 aromatic carbocycles. The van der Waals surface area contributed by atoms with Crippen LogP contribution in [0.1, 0.15) is 54.8 Å². The molecule has 7 nitrogen and oxygen atoms in total. The van der Waals surface area contributed by atoms with Crippen LogP contribution in [0.15, 0.2) is 22.3 Å². The Morgan fingerprint density at radius 2 is 2.32 bits per heavy atom. The molecule has 4 rings (SSSR count). The quantitative estimate of drug-likeness (QED) is 0.716. The molecule has 25 heavy (non-hydrogen) atoms. The molecular weight excluding hydrogens is 338 g/mol. The van der Waals surface area contributed by atoms with Crippen LogP contribution in [0.5, 0.6) is 0 Å². The van der Waals surface area contributed by atoms with Crippen LogP contribution in [0.25, 0.3) is 4.96 Å². The number of hydrogen-bond donors (Lipinski definition) is 0. The van der Waals surface area contributed by atoms with Crippen molar-refractivity contribution in [3.8, 4) is 0 Å². The van der Waals surface area contributed by atoms with E-state index in [2.05, 4.69) is 29.0 Å². The van der Waals surface area contributed by atoms with Crippen LogP contribution in [0.3, 0.4) is 0 Å². The minimum absolute atomic E-state index is 0.0254. The molecule has 1 aliphatic heterocycles. The van der Waals surface area contributed by atoms with Gasteiger partial charge in [-0.05, 0) is 18.8 Å². The first kappa shape index (κ1) is 16.3. The van der Waals surface area contributed by atoms with E-state index in [9.17, 15) is 4.79 Å². The molecule has 4 heterocycles. The summed E-state index contributed by atoms with van der Waals surface area (Å²) in [6.45, 7) is 5.61. The Kier molecular flexibility index (Phi) is 4.29. The predicted molar refractivity (Wildman–Crippen MR) is 93.8 cm³/mol. The summed E-state index contributed by atoms with van der Waals surface area (Å²) in [5.74, 6) is 1.98. The number of rotatable bonds is 4. The highest BCUT2D eigenvalue weighted by Crippen LogP contribution is 2.27. The van der Waals surface area contributed by atoms with Crippen LogP contribution in [-0.4, -0.2) is 43.4 Å². The average Bonchev–Trinajstić information content (AvgIpc) is 3.29. The molecule has 0 unspecified atom stereocenters. The van der Waals surface area contributed by atoms with Gasteiger partial charge in [-0.25, -0.2) is 4.98 Å². The lowest BCUT2D eigenvalue weighted by Gasteiger charge is -2.30. The van der Waals surface area contributed by atoms with Crippen molar-refractivity contribution >= 4 is 22.2 Å². The Hall–Kier alpha value is -2.22. The van der Waals surface area contributed by atoms with Crippen LogP contribution in [0.4, 0.5) is 0 Å². The highest BCUT2D eigenvalue weighted by molar-refractivity contribution is 7.15. The van der Waals surface area contributed by atoms with Crippen LogP contribution in [-0.2, 0) is 6.42 Å². The summed E-state index contributed by atoms with van der Waals surface area (Å²) in [5, 5.41) is 6.03. The van der Waals surface area contributed by atoms with Gasteiger partial charge in [0.1, 0.15) is 5.69 Å². The lowest BCUT2D eigenvalue weighted by atomic mass is 9.97. The number of imidazole rings is 1. The van der Waals surface area contributed by atoms with E-state index < -0.39 is 0 Å². The standard InChI is InChI=1S/C17H21N5O2S/c1-11(2)8-14-19-15(24-20-14)12-4-3-5-21(9-12)16(23)13-10-22-6-7-25-17(22)18-13/h6-7,10-12H,3-5,8-9H2,1-2H3/t12-/m0/s1. The van der Waals surface area contributed by atoms with Crippen molar-refractivity contribution in [3.05, 3.63) is 35.2 Å². The molecule has 1 amide bonds. The summed E-state index contributed by atoms with van der Waals surface area (Å²) >= 11 is 1.52. The Bertz CT molecular complexity index is 852. The second-order valence-corrected chi connectivity index (χ2v) is 7.83. The van der Waals surface area contributed by atoms with E-state index in [0.717, 1.165) is 36.6 Å². The van der Waals surface area contributed by atoms with E-state index in [0.29, 0.717) is 24.0 Å². The summed E-state index contributed by atoms with van der Waals surface area (Å²) in [6.07, 6.45) is 6.42. The van der Waals surface area contributed by atoms with E-state index >= 15 is 0 Å². The third kappa shape index (κ3) is 3.30. The van der Waals surface area contributed by atoms with Crippen molar-refractivity contribution in [1.82, 2.24) is 24.4 Å². The van der Waals surface area contributed by atoms with Crippen molar-refractivity contribution in [1.29, 1.82) is 0 Å². The zero-order chi connectivity index (χ0) is 17.4. The number of fused-ring (bicyclic) bond motifs is 1. The molecular formula is C17H21N5O2S. The van der Waals surface area contributed by atoms with Crippen molar-refractivity contribution in [2.45, 2.75) is 39.0 Å². The number of piperidine rings is 1. The van der Waals surface area contributed by atoms with Gasteiger partial charge in [-0.2, -0.15) is 4.98 Å². The van der Waals surface area contributed by atoms with Crippen molar-refractivity contribution in [2.24, 2.45) is 5.92 Å². The molecule has 8 heteroatoms. The molecule has 1 saturated heterocycles. The van der Waals surface area contributed by atoms with Gasteiger partial charge in [0, 0.05) is 37.3 Å². The first-order chi connectivity index (χ1) is 12.1. The molecule has 1 atom stereocenters. The smallest absolute Gasteiger partial charge is 0.274 e. The van der Waals surface area contributed by atoms with Gasteiger partial charge in [0.05, 0.1) is 5.92 Å². The first-order valence-electron chi connectivity index (χ1n) is 8.64. The van der Waals surface area contributed by atoms with Crippen LogP contribution < -0.4 is 0 Å². The Balaban J connectivity index is 1.47. The lowest BCUT2D eigenvalue weighted by molar-refractivity contribution is 0.0690. The average molecular weight is 359 g/mol. The van der Waals surface area contributed by atoms with E-state index in [-0.39, 0.29) is 11.8 Å². The fourth-order valence-corrected chi connectivity index (χ4v) is 3.94. The molecule has 0 N–H and O–H groups in total. The highest BCUT2D eigenvalue weighted by Gasteiger charge is 2.30. The monoisotopic (exact) mass is 359 g/mol. The maximum absolute atomic E-state index is 12.8. The number of hydrogen-bond acceptors (Lipinski definition) is 6. The molecule has 0 saturated carbocycles. The first-order valence-corrected chi connectivity index (χ1v) is 9.52. The summed E-state index contributed by atoms with van der Waals surface area (Å²) in [4.78, 5) is 24.4. The lowest BCUT2D eigenvalue weighted by Crippen LogP contribution is -2.39. The van der Waals surface area contributed by atoms with Crippen LogP contribution in [0, 0.1) is 5.92 Å². The Labute approximate surface area is 149 Å². The molecule has 0 radical (unpaired) electrons. The number of amides is 1. The minimum Gasteiger partial charge on any atom is -0.339 e. The zero-order valence-corrected chi connectivity index (χ0v) is 15.2. The maximum Gasteiger partial charge on any atom is 0.274 e. The molecule has 1 fully saturated rings. The van der Waals surface area contributed by atoms with E-state index in [1.165, 1.54) is 11.3 Å². The number of carbonyl (C=O) groups excluding carboxylic acids is 1. The summed E-state index contributed by atoms with van der Waals surface area (Å²) in [5.41, 5.74) is 0.499. The summed E-state index contributed by atoms with van der Waals surface area (Å²) in [6, 6.07) is 0. The number of aromatic nitrogens is 4. The molecule has 0 aliphatic carbocycles. The number of carbonyl (C=O) groups is 1. The SMILES string of the molecule is CC(C)Cc1noc([C@H]2CCCN(C(=O)c3cn4ccsc4n3)C2)n1. The molecule has 3 aromatic heterocycles. The molecule has 132 valence electrons. The number of nitrogens with zero attached hydrogens (tertiary/aromatic N) is 5. The molecule has 0 bridgehead atoms. The van der Waals surface area contributed by atoms with Crippen molar-refractivity contribution < 1.29 is 9.32 Å². The van der Waals surface area contributed by atoms with E-state index in [1.807, 2.05) is 20.9 Å². The molecule has 3 aromatic rings. The van der Waals surface area contributed by atoms with Crippen molar-refractivity contribution in [2.75, 3.05) is 13.1 Å².